The number of alkyl halides is 1. The van der Waals surface area contributed by atoms with E-state index in [1.165, 1.54) is 6.07 Å². The quantitative estimate of drug-likeness (QED) is 0.694. The zero-order valence-electron chi connectivity index (χ0n) is 11.1. The van der Waals surface area contributed by atoms with Crippen molar-refractivity contribution in [2.45, 2.75) is 32.7 Å². The van der Waals surface area contributed by atoms with Gasteiger partial charge in [-0.15, -0.1) is 11.6 Å². The Morgan fingerprint density at radius 3 is 2.58 bits per heavy atom. The topological polar surface area (TPSA) is 20.3 Å². The van der Waals surface area contributed by atoms with Crippen molar-refractivity contribution in [3.8, 4) is 0 Å². The van der Waals surface area contributed by atoms with E-state index in [0.717, 1.165) is 12.8 Å². The van der Waals surface area contributed by atoms with E-state index in [1.807, 2.05) is 13.8 Å². The van der Waals surface area contributed by atoms with Crippen molar-refractivity contribution in [3.63, 3.8) is 0 Å². The predicted molar refractivity (Wildman–Crippen MR) is 80.2 cm³/mol. The lowest BCUT2D eigenvalue weighted by Crippen LogP contribution is -2.41. The van der Waals surface area contributed by atoms with E-state index >= 15 is 0 Å². The van der Waals surface area contributed by atoms with Crippen LogP contribution in [0.4, 0.5) is 4.39 Å². The summed E-state index contributed by atoms with van der Waals surface area (Å²) in [6.45, 7) is 4.53. The molecule has 1 amide bonds. The average Bonchev–Trinajstić information content (AvgIpc) is 2.41. The van der Waals surface area contributed by atoms with Crippen LogP contribution < -0.4 is 0 Å². The fraction of sp³-hybridized carbons (Fsp3) is 0.500. The fourth-order valence-corrected chi connectivity index (χ4v) is 2.71. The first-order valence-electron chi connectivity index (χ1n) is 6.37. The van der Waals surface area contributed by atoms with Gasteiger partial charge in [-0.05, 0) is 40.9 Å². The minimum Gasteiger partial charge on any atom is -0.334 e. The zero-order valence-corrected chi connectivity index (χ0v) is 13.5. The number of nitrogens with zero attached hydrogens (tertiary/aromatic N) is 1. The van der Waals surface area contributed by atoms with E-state index in [0.29, 0.717) is 18.0 Å². The number of hydrogen-bond donors (Lipinski definition) is 0. The number of benzene rings is 1. The second-order valence-corrected chi connectivity index (χ2v) is 5.43. The number of hydrogen-bond acceptors (Lipinski definition) is 1. The van der Waals surface area contributed by atoms with Gasteiger partial charge in [0.1, 0.15) is 5.82 Å². The maximum Gasteiger partial charge on any atom is 0.255 e. The first-order chi connectivity index (χ1) is 9.06. The molecule has 0 aliphatic rings. The van der Waals surface area contributed by atoms with Gasteiger partial charge in [0.25, 0.3) is 5.91 Å². The summed E-state index contributed by atoms with van der Waals surface area (Å²) in [6.07, 6.45) is 1.71. The monoisotopic (exact) mass is 349 g/mol. The molecule has 0 atom stereocenters. The Kier molecular flexibility index (Phi) is 6.80. The van der Waals surface area contributed by atoms with E-state index < -0.39 is 5.82 Å². The van der Waals surface area contributed by atoms with Gasteiger partial charge in [-0.1, -0.05) is 19.9 Å². The minimum atomic E-state index is -0.429. The Balaban J connectivity index is 3.08. The number of amides is 1. The molecule has 0 spiro atoms. The summed E-state index contributed by atoms with van der Waals surface area (Å²) in [5.41, 5.74) is 0.344. The van der Waals surface area contributed by atoms with Gasteiger partial charge in [-0.3, -0.25) is 4.79 Å². The van der Waals surface area contributed by atoms with Crippen molar-refractivity contribution in [3.05, 3.63) is 34.1 Å². The molecule has 0 aromatic heterocycles. The van der Waals surface area contributed by atoms with Crippen molar-refractivity contribution in [2.24, 2.45) is 0 Å². The highest BCUT2D eigenvalue weighted by atomic mass is 79.9. The second kappa shape index (κ2) is 7.85. The molecule has 0 bridgehead atoms. The van der Waals surface area contributed by atoms with Crippen molar-refractivity contribution in [1.29, 1.82) is 0 Å². The van der Waals surface area contributed by atoms with Gasteiger partial charge in [0.15, 0.2) is 0 Å². The highest BCUT2D eigenvalue weighted by Crippen LogP contribution is 2.23. The first kappa shape index (κ1) is 16.4. The molecule has 1 rings (SSSR count). The summed E-state index contributed by atoms with van der Waals surface area (Å²) in [4.78, 5) is 14.3. The highest BCUT2D eigenvalue weighted by Gasteiger charge is 2.24. The van der Waals surface area contributed by atoms with Crippen molar-refractivity contribution in [2.75, 3.05) is 12.4 Å². The van der Waals surface area contributed by atoms with Crippen LogP contribution in [0.15, 0.2) is 22.7 Å². The maximum atomic E-state index is 13.5. The Morgan fingerprint density at radius 2 is 2.05 bits per heavy atom. The summed E-state index contributed by atoms with van der Waals surface area (Å²) < 4.78 is 13.7. The highest BCUT2D eigenvalue weighted by molar-refractivity contribution is 9.10. The van der Waals surface area contributed by atoms with Crippen LogP contribution >= 0.6 is 27.5 Å². The van der Waals surface area contributed by atoms with E-state index in [-0.39, 0.29) is 16.4 Å². The number of carbonyl (C=O) groups excluding carboxylic acids is 1. The molecule has 0 fully saturated rings. The van der Waals surface area contributed by atoms with Crippen molar-refractivity contribution < 1.29 is 9.18 Å². The molecule has 1 aromatic carbocycles. The molecule has 0 unspecified atom stereocenters. The molecule has 19 heavy (non-hydrogen) atoms. The normalized spacial score (nSPS) is 10.8. The molecular formula is C14H18BrClFNO. The van der Waals surface area contributed by atoms with Crippen LogP contribution in [0.25, 0.3) is 0 Å². The lowest BCUT2D eigenvalue weighted by atomic mass is 10.1. The maximum absolute atomic E-state index is 13.5. The molecule has 1 aromatic rings. The lowest BCUT2D eigenvalue weighted by Gasteiger charge is -2.30. The molecule has 106 valence electrons. The molecule has 0 radical (unpaired) electrons. The SMILES string of the molecule is CCC(CC)N(CCCl)C(=O)c1cccc(F)c1Br. The predicted octanol–water partition coefficient (Wildman–Crippen LogP) is 4.46. The van der Waals surface area contributed by atoms with Gasteiger partial charge < -0.3 is 4.90 Å². The minimum absolute atomic E-state index is 0.126. The number of halogens is 3. The average molecular weight is 351 g/mol. The molecule has 0 N–H and O–H groups in total. The Hall–Kier alpha value is -0.610. The van der Waals surface area contributed by atoms with E-state index in [2.05, 4.69) is 15.9 Å². The molecule has 0 aliphatic carbocycles. The van der Waals surface area contributed by atoms with Gasteiger partial charge in [-0.25, -0.2) is 4.39 Å². The molecule has 5 heteroatoms. The fourth-order valence-electron chi connectivity index (χ4n) is 2.09. The second-order valence-electron chi connectivity index (χ2n) is 4.26. The van der Waals surface area contributed by atoms with Gasteiger partial charge in [0.2, 0.25) is 0 Å². The van der Waals surface area contributed by atoms with Gasteiger partial charge in [0, 0.05) is 18.5 Å². The lowest BCUT2D eigenvalue weighted by molar-refractivity contribution is 0.0680. The summed E-state index contributed by atoms with van der Waals surface area (Å²) in [7, 11) is 0. The van der Waals surface area contributed by atoms with Crippen molar-refractivity contribution in [1.82, 2.24) is 4.90 Å². The Labute approximate surface area is 127 Å². The van der Waals surface area contributed by atoms with Gasteiger partial charge >= 0.3 is 0 Å². The largest absolute Gasteiger partial charge is 0.334 e. The third kappa shape index (κ3) is 3.93. The molecule has 0 heterocycles. The molecule has 0 saturated carbocycles. The number of rotatable bonds is 6. The summed E-state index contributed by atoms with van der Waals surface area (Å²) >= 11 is 8.91. The Morgan fingerprint density at radius 1 is 1.42 bits per heavy atom. The van der Waals surface area contributed by atoms with Crippen LogP contribution in [0.5, 0.6) is 0 Å². The zero-order chi connectivity index (χ0) is 14.4. The Bertz CT molecular complexity index is 437. The first-order valence-corrected chi connectivity index (χ1v) is 7.70. The van der Waals surface area contributed by atoms with E-state index in [4.69, 9.17) is 11.6 Å². The molecular weight excluding hydrogens is 333 g/mol. The summed E-state index contributed by atoms with van der Waals surface area (Å²) in [5.74, 6) is -0.239. The van der Waals surface area contributed by atoms with Crippen LogP contribution in [-0.2, 0) is 0 Å². The molecule has 0 saturated heterocycles. The standard InChI is InChI=1S/C14H18BrClFNO/c1-3-10(4-2)18(9-8-16)14(19)11-6-5-7-12(17)13(11)15/h5-7,10H,3-4,8-9H2,1-2H3. The molecule has 2 nitrogen and oxygen atoms in total. The summed E-state index contributed by atoms with van der Waals surface area (Å²) in [5, 5.41) is 0. The van der Waals surface area contributed by atoms with Crippen LogP contribution in [-0.4, -0.2) is 29.3 Å². The third-order valence-corrected chi connectivity index (χ3v) is 4.13. The smallest absolute Gasteiger partial charge is 0.255 e. The van der Waals surface area contributed by atoms with Crippen LogP contribution in [0.3, 0.4) is 0 Å². The van der Waals surface area contributed by atoms with Crippen molar-refractivity contribution >= 4 is 33.4 Å². The summed E-state index contributed by atoms with van der Waals surface area (Å²) in [6, 6.07) is 4.61. The third-order valence-electron chi connectivity index (χ3n) is 3.15. The van der Waals surface area contributed by atoms with E-state index in [9.17, 15) is 9.18 Å². The van der Waals surface area contributed by atoms with Gasteiger partial charge in [0.05, 0.1) is 10.0 Å². The molecule has 0 aliphatic heterocycles. The van der Waals surface area contributed by atoms with Gasteiger partial charge in [-0.2, -0.15) is 0 Å². The number of carbonyl (C=O) groups is 1. The van der Waals surface area contributed by atoms with Crippen LogP contribution in [0.2, 0.25) is 0 Å². The van der Waals surface area contributed by atoms with Crippen LogP contribution in [0.1, 0.15) is 37.0 Å². The van der Waals surface area contributed by atoms with E-state index in [1.54, 1.807) is 17.0 Å². The van der Waals surface area contributed by atoms with Crippen LogP contribution in [0, 0.1) is 5.82 Å².